The number of aromatic nitrogens is 1. The van der Waals surface area contributed by atoms with E-state index in [0.717, 1.165) is 0 Å². The number of halogens is 2. The minimum Gasteiger partial charge on any atom is -0.394 e. The number of aryl methyl sites for hydroxylation is 1. The summed E-state index contributed by atoms with van der Waals surface area (Å²) in [6.45, 7) is 7.28. The highest BCUT2D eigenvalue weighted by Crippen LogP contribution is 2.37. The molecule has 0 radical (unpaired) electrons. The Kier molecular flexibility index (Phi) is 8.74. The molecule has 1 unspecified atom stereocenters. The zero-order valence-corrected chi connectivity index (χ0v) is 19.1. The fourth-order valence-electron chi connectivity index (χ4n) is 3.44. The number of nitrogens with zero attached hydrogens (tertiary/aromatic N) is 2. The van der Waals surface area contributed by atoms with Crippen LogP contribution in [0.3, 0.4) is 0 Å². The molecular weight excluding hydrogens is 416 g/mol. The van der Waals surface area contributed by atoms with Crippen molar-refractivity contribution in [2.75, 3.05) is 18.5 Å². The minimum atomic E-state index is -1.03. The predicted molar refractivity (Wildman–Crippen MR) is 125 cm³/mol. The van der Waals surface area contributed by atoms with Crippen molar-refractivity contribution in [3.8, 4) is 0 Å². The number of allylic oxidation sites excluding steroid dienone is 1. The lowest BCUT2D eigenvalue weighted by Crippen LogP contribution is -2.34. The van der Waals surface area contributed by atoms with Gasteiger partial charge in [0, 0.05) is 24.5 Å². The summed E-state index contributed by atoms with van der Waals surface area (Å²) in [7, 11) is 1.46. The number of hydrogen-bond donors (Lipinski definition) is 3. The second-order valence-electron chi connectivity index (χ2n) is 7.22. The molecule has 1 aromatic carbocycles. The number of aliphatic hydroxyl groups excluding tert-OH is 2. The fraction of sp³-hybridized carbons (Fsp3) is 0.375. The van der Waals surface area contributed by atoms with E-state index in [0.29, 0.717) is 28.9 Å². The maximum Gasteiger partial charge on any atom is 0.288 e. The molecule has 0 aliphatic carbocycles. The Morgan fingerprint density at radius 1 is 1.25 bits per heavy atom. The van der Waals surface area contributed by atoms with E-state index in [1.165, 1.54) is 23.7 Å². The van der Waals surface area contributed by atoms with Gasteiger partial charge in [0.05, 0.1) is 36.3 Å². The van der Waals surface area contributed by atoms with E-state index in [-0.39, 0.29) is 17.9 Å². The molecule has 0 bridgehead atoms. The van der Waals surface area contributed by atoms with E-state index < -0.39 is 29.9 Å². The molecule has 3 N–H and O–H groups in total. The number of benzene rings is 1. The van der Waals surface area contributed by atoms with Gasteiger partial charge in [-0.1, -0.05) is 32.9 Å². The van der Waals surface area contributed by atoms with Crippen LogP contribution in [0, 0.1) is 18.6 Å². The van der Waals surface area contributed by atoms with Gasteiger partial charge in [-0.2, -0.15) is 4.39 Å². The molecular formula is C24H31F2N3O3. The SMILES string of the molecule is CC.CC/C=C1/c2c(Nc3ccc(C)cc3F)c(F)c(=O)n(C)c2C=CN1CC(O)CO. The molecule has 1 atom stereocenters. The number of hydrogen-bond acceptors (Lipinski definition) is 5. The fourth-order valence-corrected chi connectivity index (χ4v) is 3.44. The van der Waals surface area contributed by atoms with Crippen LogP contribution in [0.5, 0.6) is 0 Å². The first-order valence-electron chi connectivity index (χ1n) is 10.7. The average molecular weight is 448 g/mol. The topological polar surface area (TPSA) is 77.7 Å². The average Bonchev–Trinajstić information content (AvgIpc) is 2.79. The molecule has 8 heteroatoms. The van der Waals surface area contributed by atoms with E-state index in [1.807, 2.05) is 26.8 Å². The Hall–Kier alpha value is -2.97. The van der Waals surface area contributed by atoms with Gasteiger partial charge in [0.2, 0.25) is 5.82 Å². The Balaban J connectivity index is 0.00000176. The molecule has 2 aromatic rings. The first-order valence-corrected chi connectivity index (χ1v) is 10.7. The Morgan fingerprint density at radius 3 is 2.53 bits per heavy atom. The van der Waals surface area contributed by atoms with Crippen molar-refractivity contribution in [2.24, 2.45) is 7.05 Å². The standard InChI is InChI=1S/C22H25F2N3O3.C2H6/c1-4-5-18-19-17(8-9-27(18)11-14(29)12-28)26(3)22(30)20(24)21(19)25-16-7-6-13(2)10-15(16)23;1-2/h5-10,14,25,28-29H,4,11-12H2,1-3H3;1-2H3/b18-5-;. The minimum absolute atomic E-state index is 0.0438. The van der Waals surface area contributed by atoms with Crippen LogP contribution in [0.2, 0.25) is 0 Å². The van der Waals surface area contributed by atoms with E-state index in [2.05, 4.69) is 5.32 Å². The van der Waals surface area contributed by atoms with Crippen LogP contribution in [0.1, 0.15) is 44.0 Å². The largest absolute Gasteiger partial charge is 0.394 e. The Bertz CT molecular complexity index is 1080. The molecule has 3 rings (SSSR count). The molecule has 1 aliphatic rings. The maximum absolute atomic E-state index is 15.1. The maximum atomic E-state index is 15.1. The van der Waals surface area contributed by atoms with E-state index in [4.69, 9.17) is 0 Å². The smallest absolute Gasteiger partial charge is 0.288 e. The number of β-amino-alcohol motifs (C(OH)–C–C–N with tert-alkyl or cyclic N) is 1. The zero-order chi connectivity index (χ0) is 24.0. The molecule has 32 heavy (non-hydrogen) atoms. The molecule has 2 heterocycles. The Labute approximate surface area is 187 Å². The summed E-state index contributed by atoms with van der Waals surface area (Å²) >= 11 is 0. The van der Waals surface area contributed by atoms with Gasteiger partial charge in [-0.15, -0.1) is 0 Å². The van der Waals surface area contributed by atoms with E-state index in [9.17, 15) is 19.4 Å². The highest BCUT2D eigenvalue weighted by atomic mass is 19.1. The molecule has 1 aromatic heterocycles. The van der Waals surface area contributed by atoms with Crippen LogP contribution in [0.25, 0.3) is 11.8 Å². The summed E-state index contributed by atoms with van der Waals surface area (Å²) in [6, 6.07) is 4.49. The van der Waals surface area contributed by atoms with Crippen LogP contribution in [0.4, 0.5) is 20.2 Å². The monoisotopic (exact) mass is 447 g/mol. The van der Waals surface area contributed by atoms with Crippen LogP contribution < -0.4 is 10.9 Å². The van der Waals surface area contributed by atoms with Crippen molar-refractivity contribution < 1.29 is 19.0 Å². The molecule has 6 nitrogen and oxygen atoms in total. The number of pyridine rings is 1. The van der Waals surface area contributed by atoms with E-state index >= 15 is 4.39 Å². The van der Waals surface area contributed by atoms with Crippen molar-refractivity contribution in [1.29, 1.82) is 0 Å². The van der Waals surface area contributed by atoms with Gasteiger partial charge in [-0.05, 0) is 37.1 Å². The summed E-state index contributed by atoms with van der Waals surface area (Å²) < 4.78 is 30.8. The molecule has 0 fully saturated rings. The van der Waals surface area contributed by atoms with Crippen LogP contribution in [-0.2, 0) is 7.05 Å². The number of fused-ring (bicyclic) bond motifs is 1. The van der Waals surface area contributed by atoms with Gasteiger partial charge in [-0.3, -0.25) is 4.79 Å². The number of nitrogens with one attached hydrogen (secondary N) is 1. The Morgan fingerprint density at radius 2 is 1.94 bits per heavy atom. The first kappa shape index (κ1) is 25.3. The molecule has 174 valence electrons. The normalized spacial score (nSPS) is 14.7. The lowest BCUT2D eigenvalue weighted by atomic mass is 10.0. The van der Waals surface area contributed by atoms with Gasteiger partial charge in [0.25, 0.3) is 5.56 Å². The van der Waals surface area contributed by atoms with Gasteiger partial charge < -0.3 is 25.0 Å². The quantitative estimate of drug-likeness (QED) is 0.621. The molecule has 0 spiro atoms. The first-order chi connectivity index (χ1) is 15.3. The zero-order valence-electron chi connectivity index (χ0n) is 19.1. The van der Waals surface area contributed by atoms with Crippen LogP contribution in [-0.4, -0.2) is 38.9 Å². The highest BCUT2D eigenvalue weighted by molar-refractivity contribution is 5.86. The van der Waals surface area contributed by atoms with Crippen LogP contribution in [0.15, 0.2) is 35.3 Å². The van der Waals surface area contributed by atoms with Crippen LogP contribution >= 0.6 is 0 Å². The van der Waals surface area contributed by atoms with E-state index in [1.54, 1.807) is 30.2 Å². The summed E-state index contributed by atoms with van der Waals surface area (Å²) in [5, 5.41) is 21.9. The number of anilines is 2. The summed E-state index contributed by atoms with van der Waals surface area (Å²) in [5.74, 6) is -1.60. The molecule has 0 saturated heterocycles. The van der Waals surface area contributed by atoms with Gasteiger partial charge in [-0.25, -0.2) is 4.39 Å². The summed E-state index contributed by atoms with van der Waals surface area (Å²) in [6.07, 6.45) is 4.70. The third kappa shape index (κ3) is 5.08. The summed E-state index contributed by atoms with van der Waals surface area (Å²) in [5.41, 5.74) is 1.16. The van der Waals surface area contributed by atoms with Crippen molar-refractivity contribution in [3.05, 3.63) is 69.3 Å². The second-order valence-corrected chi connectivity index (χ2v) is 7.22. The highest BCUT2D eigenvalue weighted by Gasteiger charge is 2.28. The van der Waals surface area contributed by atoms with Gasteiger partial charge >= 0.3 is 0 Å². The lowest BCUT2D eigenvalue weighted by molar-refractivity contribution is 0.0820. The van der Waals surface area contributed by atoms with Crippen molar-refractivity contribution >= 4 is 23.1 Å². The predicted octanol–water partition coefficient (Wildman–Crippen LogP) is 4.13. The summed E-state index contributed by atoms with van der Waals surface area (Å²) in [4.78, 5) is 14.1. The van der Waals surface area contributed by atoms with Gasteiger partial charge in [0.15, 0.2) is 0 Å². The molecule has 0 saturated carbocycles. The third-order valence-corrected chi connectivity index (χ3v) is 4.96. The van der Waals surface area contributed by atoms with Crippen molar-refractivity contribution in [3.63, 3.8) is 0 Å². The molecule has 0 amide bonds. The third-order valence-electron chi connectivity index (χ3n) is 4.96. The second kappa shape index (κ2) is 11.1. The van der Waals surface area contributed by atoms with Gasteiger partial charge in [0.1, 0.15) is 5.82 Å². The van der Waals surface area contributed by atoms with Crippen molar-refractivity contribution in [1.82, 2.24) is 9.47 Å². The lowest BCUT2D eigenvalue weighted by Gasteiger charge is -2.32. The number of aliphatic hydroxyl groups is 2. The van der Waals surface area contributed by atoms with Crippen molar-refractivity contribution in [2.45, 2.75) is 40.2 Å². The number of rotatable bonds is 6. The molecule has 1 aliphatic heterocycles.